The van der Waals surface area contributed by atoms with E-state index in [4.69, 9.17) is 25.8 Å². The fourth-order valence-corrected chi connectivity index (χ4v) is 5.23. The number of carbonyl (C=O) groups excluding carboxylic acids is 1. The van der Waals surface area contributed by atoms with Crippen LogP contribution in [-0.2, 0) is 9.53 Å². The number of para-hydroxylation sites is 1. The summed E-state index contributed by atoms with van der Waals surface area (Å²) in [6.45, 7) is 9.29. The zero-order valence-electron chi connectivity index (χ0n) is 21.0. The second kappa shape index (κ2) is 11.2. The van der Waals surface area contributed by atoms with Crippen molar-refractivity contribution in [3.05, 3.63) is 102 Å². The van der Waals surface area contributed by atoms with Gasteiger partial charge in [-0.05, 0) is 50.6 Å². The van der Waals surface area contributed by atoms with Crippen LogP contribution < -0.4 is 24.4 Å². The van der Waals surface area contributed by atoms with Crippen LogP contribution in [-0.4, -0.2) is 30.4 Å². The van der Waals surface area contributed by atoms with Crippen molar-refractivity contribution in [3.8, 4) is 11.5 Å². The summed E-state index contributed by atoms with van der Waals surface area (Å²) in [7, 11) is 1.56. The molecule has 7 nitrogen and oxygen atoms in total. The Morgan fingerprint density at radius 2 is 1.97 bits per heavy atom. The number of hydrogen-bond acceptors (Lipinski definition) is 7. The smallest absolute Gasteiger partial charge is 0.338 e. The molecule has 0 fully saturated rings. The zero-order chi connectivity index (χ0) is 26.7. The molecule has 0 radical (unpaired) electrons. The van der Waals surface area contributed by atoms with Crippen LogP contribution in [0.25, 0.3) is 6.08 Å². The van der Waals surface area contributed by atoms with E-state index in [1.807, 2.05) is 12.1 Å². The highest BCUT2D eigenvalue weighted by Crippen LogP contribution is 2.33. The molecular formula is C28H27ClN2O5S. The van der Waals surface area contributed by atoms with Crippen molar-refractivity contribution in [1.29, 1.82) is 0 Å². The third-order valence-corrected chi connectivity index (χ3v) is 6.87. The van der Waals surface area contributed by atoms with Crippen LogP contribution in [0.5, 0.6) is 11.5 Å². The number of allylic oxidation sites excluding steroid dienone is 1. The standard InChI is InChI=1S/C28H27ClN2O5S/c1-6-14-35-25-19(8-7-9-21(25)34-5)15-22-26(32)31-24(18-10-12-20(29)13-11-18)23(27(33)36-16(2)3)17(4)30-28(31)37-22/h6-13,15-16,24H,1,14H2,2-5H3. The average molecular weight is 539 g/mol. The van der Waals surface area contributed by atoms with Crippen molar-refractivity contribution in [3.63, 3.8) is 0 Å². The Balaban J connectivity index is 1.94. The first kappa shape index (κ1) is 26.4. The minimum Gasteiger partial charge on any atom is -0.493 e. The molecule has 9 heteroatoms. The Morgan fingerprint density at radius 3 is 2.62 bits per heavy atom. The van der Waals surface area contributed by atoms with Crippen molar-refractivity contribution in [2.75, 3.05) is 13.7 Å². The SMILES string of the molecule is C=CCOc1c(C=c2sc3n(c2=O)C(c2ccc(Cl)cc2)C(C(=O)OC(C)C)=C(C)N=3)cccc1OC. The first-order valence-corrected chi connectivity index (χ1v) is 12.8. The number of carbonyl (C=O) groups is 1. The summed E-state index contributed by atoms with van der Waals surface area (Å²) in [5.41, 5.74) is 1.91. The van der Waals surface area contributed by atoms with Gasteiger partial charge in [0.2, 0.25) is 0 Å². The van der Waals surface area contributed by atoms with Gasteiger partial charge in [-0.2, -0.15) is 0 Å². The van der Waals surface area contributed by atoms with Crippen molar-refractivity contribution >= 4 is 35.0 Å². The normalized spacial score (nSPS) is 15.3. The van der Waals surface area contributed by atoms with E-state index in [9.17, 15) is 9.59 Å². The highest BCUT2D eigenvalue weighted by atomic mass is 35.5. The monoisotopic (exact) mass is 538 g/mol. The summed E-state index contributed by atoms with van der Waals surface area (Å²) in [5, 5.41) is 0.549. The van der Waals surface area contributed by atoms with E-state index >= 15 is 0 Å². The van der Waals surface area contributed by atoms with Crippen LogP contribution in [0.1, 0.15) is 37.9 Å². The number of esters is 1. The molecule has 0 aliphatic carbocycles. The zero-order valence-corrected chi connectivity index (χ0v) is 22.6. The lowest BCUT2D eigenvalue weighted by molar-refractivity contribution is -0.143. The van der Waals surface area contributed by atoms with Gasteiger partial charge in [0.25, 0.3) is 5.56 Å². The molecule has 2 aromatic carbocycles. The number of hydrogen-bond donors (Lipinski definition) is 0. The molecule has 2 heterocycles. The second-order valence-electron chi connectivity index (χ2n) is 8.57. The summed E-state index contributed by atoms with van der Waals surface area (Å²) < 4.78 is 18.8. The van der Waals surface area contributed by atoms with Gasteiger partial charge in [0.1, 0.15) is 6.61 Å². The van der Waals surface area contributed by atoms with Gasteiger partial charge in [0, 0.05) is 10.6 Å². The van der Waals surface area contributed by atoms with Gasteiger partial charge in [-0.1, -0.05) is 59.9 Å². The maximum atomic E-state index is 13.8. The largest absolute Gasteiger partial charge is 0.493 e. The summed E-state index contributed by atoms with van der Waals surface area (Å²) in [5.74, 6) is 0.526. The first-order valence-electron chi connectivity index (χ1n) is 11.6. The van der Waals surface area contributed by atoms with Gasteiger partial charge >= 0.3 is 5.97 Å². The average Bonchev–Trinajstić information content (AvgIpc) is 3.16. The second-order valence-corrected chi connectivity index (χ2v) is 10.0. The molecule has 0 bridgehead atoms. The molecule has 3 aromatic rings. The molecule has 0 N–H and O–H groups in total. The topological polar surface area (TPSA) is 79.1 Å². The van der Waals surface area contributed by atoms with E-state index in [1.165, 1.54) is 15.9 Å². The third-order valence-electron chi connectivity index (χ3n) is 5.63. The molecule has 0 spiro atoms. The quantitative estimate of drug-likeness (QED) is 0.313. The van der Waals surface area contributed by atoms with E-state index < -0.39 is 12.0 Å². The molecule has 0 saturated heterocycles. The fraction of sp³-hybridized carbons (Fsp3) is 0.250. The lowest BCUT2D eigenvalue weighted by atomic mass is 9.96. The molecule has 1 atom stereocenters. The number of methoxy groups -OCH3 is 1. The van der Waals surface area contributed by atoms with Gasteiger partial charge < -0.3 is 14.2 Å². The molecule has 4 rings (SSSR count). The predicted molar refractivity (Wildman–Crippen MR) is 145 cm³/mol. The van der Waals surface area contributed by atoms with Gasteiger partial charge in [0.15, 0.2) is 16.3 Å². The molecule has 0 amide bonds. The van der Waals surface area contributed by atoms with Crippen LogP contribution in [0.15, 0.2) is 76.2 Å². The summed E-state index contributed by atoms with van der Waals surface area (Å²) >= 11 is 7.36. The third kappa shape index (κ3) is 5.40. The van der Waals surface area contributed by atoms with Crippen LogP contribution in [0, 0.1) is 0 Å². The Hall–Kier alpha value is -3.62. The number of benzene rings is 2. The summed E-state index contributed by atoms with van der Waals surface area (Å²) in [6, 6.07) is 11.8. The number of rotatable bonds is 8. The van der Waals surface area contributed by atoms with Gasteiger partial charge in [0.05, 0.1) is 35.1 Å². The van der Waals surface area contributed by atoms with Crippen molar-refractivity contribution in [1.82, 2.24) is 4.57 Å². The Bertz CT molecular complexity index is 1550. The van der Waals surface area contributed by atoms with E-state index in [1.54, 1.807) is 70.4 Å². The van der Waals surface area contributed by atoms with Gasteiger partial charge in [-0.25, -0.2) is 9.79 Å². The minimum atomic E-state index is -0.719. The number of fused-ring (bicyclic) bond motifs is 1. The maximum Gasteiger partial charge on any atom is 0.338 e. The van der Waals surface area contributed by atoms with E-state index in [0.29, 0.717) is 42.7 Å². The molecule has 37 heavy (non-hydrogen) atoms. The molecular weight excluding hydrogens is 512 g/mol. The molecule has 1 aliphatic heterocycles. The Morgan fingerprint density at radius 1 is 1.24 bits per heavy atom. The number of thiazole rings is 1. The first-order chi connectivity index (χ1) is 17.7. The van der Waals surface area contributed by atoms with Crippen LogP contribution in [0.3, 0.4) is 0 Å². The van der Waals surface area contributed by atoms with Crippen LogP contribution in [0.4, 0.5) is 0 Å². The van der Waals surface area contributed by atoms with Gasteiger partial charge in [-0.3, -0.25) is 9.36 Å². The van der Waals surface area contributed by atoms with Crippen LogP contribution in [0.2, 0.25) is 5.02 Å². The van der Waals surface area contributed by atoms with Crippen LogP contribution >= 0.6 is 22.9 Å². The highest BCUT2D eigenvalue weighted by Gasteiger charge is 2.33. The van der Waals surface area contributed by atoms with E-state index in [2.05, 4.69) is 11.6 Å². The molecule has 1 aliphatic rings. The number of ether oxygens (including phenoxy) is 3. The van der Waals surface area contributed by atoms with E-state index in [0.717, 1.165) is 5.56 Å². The molecule has 1 unspecified atom stereocenters. The lowest BCUT2D eigenvalue weighted by Gasteiger charge is -2.25. The Kier molecular flexibility index (Phi) is 8.00. The number of halogens is 1. The predicted octanol–water partition coefficient (Wildman–Crippen LogP) is 4.41. The fourth-order valence-electron chi connectivity index (χ4n) is 4.07. The molecule has 192 valence electrons. The highest BCUT2D eigenvalue weighted by molar-refractivity contribution is 7.07. The van der Waals surface area contributed by atoms with Gasteiger partial charge in [-0.15, -0.1) is 0 Å². The maximum absolute atomic E-state index is 13.8. The summed E-state index contributed by atoms with van der Waals surface area (Å²) in [6.07, 6.45) is 3.05. The molecule has 1 aromatic heterocycles. The summed E-state index contributed by atoms with van der Waals surface area (Å²) in [4.78, 5) is 32.1. The van der Waals surface area contributed by atoms with Crippen molar-refractivity contribution < 1.29 is 19.0 Å². The number of nitrogens with zero attached hydrogens (tertiary/aromatic N) is 2. The van der Waals surface area contributed by atoms with E-state index in [-0.39, 0.29) is 18.3 Å². The minimum absolute atomic E-state index is 0.277. The van der Waals surface area contributed by atoms with Crippen molar-refractivity contribution in [2.24, 2.45) is 4.99 Å². The molecule has 0 saturated carbocycles. The number of aromatic nitrogens is 1. The Labute approximate surface area is 223 Å². The lowest BCUT2D eigenvalue weighted by Crippen LogP contribution is -2.40. The van der Waals surface area contributed by atoms with Crippen molar-refractivity contribution in [2.45, 2.75) is 32.9 Å².